The van der Waals surface area contributed by atoms with Gasteiger partial charge in [-0.3, -0.25) is 4.79 Å². The van der Waals surface area contributed by atoms with Crippen LogP contribution in [0.15, 0.2) is 48.7 Å². The molecule has 1 fully saturated rings. The average molecular weight is 317 g/mol. The topological polar surface area (TPSA) is 25.2 Å². The van der Waals surface area contributed by atoms with E-state index in [1.165, 1.54) is 5.56 Å². The largest absolute Gasteiger partial charge is 0.345 e. The van der Waals surface area contributed by atoms with Crippen molar-refractivity contribution in [1.29, 1.82) is 0 Å². The molecular formula is C18H21ClN2O. The first kappa shape index (κ1) is 15.2. The van der Waals surface area contributed by atoms with Crippen LogP contribution in [0.25, 0.3) is 0 Å². The van der Waals surface area contributed by atoms with Crippen molar-refractivity contribution >= 4 is 17.5 Å². The Morgan fingerprint density at radius 3 is 2.64 bits per heavy atom. The summed E-state index contributed by atoms with van der Waals surface area (Å²) in [6.07, 6.45) is 4.26. The lowest BCUT2D eigenvalue weighted by Crippen LogP contribution is -2.37. The summed E-state index contributed by atoms with van der Waals surface area (Å²) >= 11 is 6.01. The standard InChI is InChI=1S/C18H21ClN2O/c1-14(19)18(22)21(16-9-10-16)13-17-8-5-11-20(17)12-15-6-3-2-4-7-15/h2-8,11,14,16H,9-10,12-13H2,1H3/t14-/m0/s1. The molecule has 0 aliphatic heterocycles. The third kappa shape index (κ3) is 3.53. The van der Waals surface area contributed by atoms with Crippen LogP contribution in [0.4, 0.5) is 0 Å². The lowest BCUT2D eigenvalue weighted by molar-refractivity contribution is -0.131. The third-order valence-corrected chi connectivity index (χ3v) is 4.25. The van der Waals surface area contributed by atoms with Gasteiger partial charge in [0.1, 0.15) is 5.38 Å². The molecule has 4 heteroatoms. The first-order valence-electron chi connectivity index (χ1n) is 7.77. The molecular weight excluding hydrogens is 296 g/mol. The van der Waals surface area contributed by atoms with Crippen LogP contribution < -0.4 is 0 Å². The Balaban J connectivity index is 1.75. The van der Waals surface area contributed by atoms with Gasteiger partial charge in [-0.1, -0.05) is 30.3 Å². The van der Waals surface area contributed by atoms with Crippen molar-refractivity contribution in [3.05, 3.63) is 59.9 Å². The van der Waals surface area contributed by atoms with Crippen LogP contribution in [0.5, 0.6) is 0 Å². The Labute approximate surface area is 136 Å². The number of carbonyl (C=O) groups is 1. The van der Waals surface area contributed by atoms with Crippen molar-refractivity contribution in [2.24, 2.45) is 0 Å². The number of alkyl halides is 1. The Kier molecular flexibility index (Phi) is 4.53. The molecule has 1 aliphatic carbocycles. The van der Waals surface area contributed by atoms with E-state index in [4.69, 9.17) is 11.6 Å². The third-order valence-electron chi connectivity index (χ3n) is 4.06. The van der Waals surface area contributed by atoms with Crippen molar-refractivity contribution in [3.8, 4) is 0 Å². The zero-order valence-electron chi connectivity index (χ0n) is 12.8. The van der Waals surface area contributed by atoms with Gasteiger partial charge >= 0.3 is 0 Å². The van der Waals surface area contributed by atoms with Crippen LogP contribution in [-0.2, 0) is 17.9 Å². The Morgan fingerprint density at radius 1 is 1.27 bits per heavy atom. The maximum atomic E-state index is 12.3. The highest BCUT2D eigenvalue weighted by molar-refractivity contribution is 6.30. The average Bonchev–Trinajstić information content (AvgIpc) is 3.27. The first-order chi connectivity index (χ1) is 10.6. The fourth-order valence-corrected chi connectivity index (χ4v) is 2.83. The summed E-state index contributed by atoms with van der Waals surface area (Å²) in [5, 5.41) is -0.460. The molecule has 3 nitrogen and oxygen atoms in total. The molecule has 1 aromatic carbocycles. The fraction of sp³-hybridized carbons (Fsp3) is 0.389. The minimum atomic E-state index is -0.460. The van der Waals surface area contributed by atoms with Crippen molar-refractivity contribution in [3.63, 3.8) is 0 Å². The molecule has 0 saturated heterocycles. The molecule has 116 valence electrons. The molecule has 0 bridgehead atoms. The van der Waals surface area contributed by atoms with Gasteiger partial charge in [0.05, 0.1) is 6.54 Å². The highest BCUT2D eigenvalue weighted by Gasteiger charge is 2.34. The van der Waals surface area contributed by atoms with Gasteiger partial charge < -0.3 is 9.47 Å². The van der Waals surface area contributed by atoms with Crippen LogP contribution in [-0.4, -0.2) is 26.8 Å². The first-order valence-corrected chi connectivity index (χ1v) is 8.21. The molecule has 1 aliphatic rings. The van der Waals surface area contributed by atoms with Crippen molar-refractivity contribution in [2.45, 2.75) is 44.3 Å². The van der Waals surface area contributed by atoms with Gasteiger partial charge in [0.15, 0.2) is 0 Å². The van der Waals surface area contributed by atoms with E-state index < -0.39 is 5.38 Å². The number of hydrogen-bond acceptors (Lipinski definition) is 1. The number of aromatic nitrogens is 1. The Morgan fingerprint density at radius 2 is 2.00 bits per heavy atom. The molecule has 3 rings (SSSR count). The predicted octanol–water partition coefficient (Wildman–Crippen LogP) is 3.65. The van der Waals surface area contributed by atoms with Crippen LogP contribution >= 0.6 is 11.6 Å². The summed E-state index contributed by atoms with van der Waals surface area (Å²) < 4.78 is 2.21. The molecule has 2 aromatic rings. The number of halogens is 1. The van der Waals surface area contributed by atoms with Crippen LogP contribution in [0, 0.1) is 0 Å². The fourth-order valence-electron chi connectivity index (χ4n) is 2.70. The van der Waals surface area contributed by atoms with E-state index in [-0.39, 0.29) is 5.91 Å². The van der Waals surface area contributed by atoms with Crippen molar-refractivity contribution < 1.29 is 4.79 Å². The Bertz CT molecular complexity index is 632. The van der Waals surface area contributed by atoms with Crippen LogP contribution in [0.2, 0.25) is 0 Å². The number of nitrogens with zero attached hydrogens (tertiary/aromatic N) is 2. The molecule has 1 amide bonds. The van der Waals surface area contributed by atoms with E-state index in [0.717, 1.165) is 25.1 Å². The van der Waals surface area contributed by atoms with Crippen molar-refractivity contribution in [2.75, 3.05) is 0 Å². The van der Waals surface area contributed by atoms with Crippen molar-refractivity contribution in [1.82, 2.24) is 9.47 Å². The summed E-state index contributed by atoms with van der Waals surface area (Å²) in [5.74, 6) is 0.0385. The molecule has 0 radical (unpaired) electrons. The molecule has 22 heavy (non-hydrogen) atoms. The highest BCUT2D eigenvalue weighted by Crippen LogP contribution is 2.29. The van der Waals surface area contributed by atoms with E-state index in [1.54, 1.807) is 6.92 Å². The summed E-state index contributed by atoms with van der Waals surface area (Å²) in [7, 11) is 0. The maximum absolute atomic E-state index is 12.3. The summed E-state index contributed by atoms with van der Waals surface area (Å²) in [6.45, 7) is 3.22. The van der Waals surface area contributed by atoms with E-state index in [0.29, 0.717) is 12.6 Å². The second-order valence-electron chi connectivity index (χ2n) is 5.93. The van der Waals surface area contributed by atoms with E-state index in [1.807, 2.05) is 29.2 Å². The zero-order chi connectivity index (χ0) is 15.5. The molecule has 1 saturated carbocycles. The minimum Gasteiger partial charge on any atom is -0.345 e. The number of hydrogen-bond donors (Lipinski definition) is 0. The van der Waals surface area contributed by atoms with Gasteiger partial charge in [-0.2, -0.15) is 0 Å². The van der Waals surface area contributed by atoms with Gasteiger partial charge in [-0.05, 0) is 37.5 Å². The normalized spacial score (nSPS) is 15.5. The van der Waals surface area contributed by atoms with Crippen LogP contribution in [0.1, 0.15) is 31.0 Å². The lowest BCUT2D eigenvalue weighted by Gasteiger charge is -2.24. The maximum Gasteiger partial charge on any atom is 0.240 e. The zero-order valence-corrected chi connectivity index (χ0v) is 13.5. The number of rotatable bonds is 6. The minimum absolute atomic E-state index is 0.0385. The molecule has 1 aromatic heterocycles. The van der Waals surface area contributed by atoms with E-state index in [2.05, 4.69) is 29.0 Å². The number of carbonyl (C=O) groups excluding carboxylic acids is 1. The smallest absolute Gasteiger partial charge is 0.240 e. The van der Waals surface area contributed by atoms with E-state index in [9.17, 15) is 4.79 Å². The molecule has 1 atom stereocenters. The quantitative estimate of drug-likeness (QED) is 0.747. The molecule has 0 spiro atoms. The van der Waals surface area contributed by atoms with Gasteiger partial charge in [0.25, 0.3) is 0 Å². The molecule has 1 heterocycles. The molecule has 0 N–H and O–H groups in total. The van der Waals surface area contributed by atoms with Gasteiger partial charge in [0, 0.05) is 24.5 Å². The van der Waals surface area contributed by atoms with E-state index >= 15 is 0 Å². The Hall–Kier alpha value is -1.74. The van der Waals surface area contributed by atoms with Gasteiger partial charge in [0.2, 0.25) is 5.91 Å². The lowest BCUT2D eigenvalue weighted by atomic mass is 10.2. The summed E-state index contributed by atoms with van der Waals surface area (Å²) in [5.41, 5.74) is 2.41. The van der Waals surface area contributed by atoms with Crippen LogP contribution in [0.3, 0.4) is 0 Å². The SMILES string of the molecule is C[C@H](Cl)C(=O)N(Cc1cccn1Cc1ccccc1)C1CC1. The van der Waals surface area contributed by atoms with Gasteiger partial charge in [-0.15, -0.1) is 11.6 Å². The number of benzene rings is 1. The molecule has 0 unspecified atom stereocenters. The summed E-state index contributed by atoms with van der Waals surface area (Å²) in [4.78, 5) is 14.2. The summed E-state index contributed by atoms with van der Waals surface area (Å²) in [6, 6.07) is 14.9. The second-order valence-corrected chi connectivity index (χ2v) is 6.58. The monoisotopic (exact) mass is 316 g/mol. The highest BCUT2D eigenvalue weighted by atomic mass is 35.5. The van der Waals surface area contributed by atoms with Gasteiger partial charge in [-0.25, -0.2) is 0 Å². The second kappa shape index (κ2) is 6.57. The predicted molar refractivity (Wildman–Crippen MR) is 88.9 cm³/mol. The number of amides is 1.